The maximum absolute atomic E-state index is 11.3. The number of Topliss-reactive ketones (excluding diaryl/α,β-unsaturated/α-hetero) is 1. The molecule has 0 radical (unpaired) electrons. The fourth-order valence-corrected chi connectivity index (χ4v) is 2.85. The fourth-order valence-electron chi connectivity index (χ4n) is 2.85. The number of ketones is 1. The Hall–Kier alpha value is -1.64. The van der Waals surface area contributed by atoms with Gasteiger partial charge in [-0.25, -0.2) is 4.98 Å². The first-order chi connectivity index (χ1) is 9.13. The van der Waals surface area contributed by atoms with Gasteiger partial charge in [-0.2, -0.15) is 0 Å². The van der Waals surface area contributed by atoms with E-state index in [0.29, 0.717) is 17.6 Å². The lowest BCUT2D eigenvalue weighted by molar-refractivity contribution is -0.120. The first-order valence-corrected chi connectivity index (χ1v) is 7.15. The maximum Gasteiger partial charge on any atom is 0.132 e. The minimum absolute atomic E-state index is 0.418. The number of nitrogens with one attached hydrogen (secondary N) is 1. The lowest BCUT2D eigenvalue weighted by Crippen LogP contribution is -2.12. The zero-order chi connectivity index (χ0) is 13.4. The topological polar surface area (TPSA) is 45.8 Å². The summed E-state index contributed by atoms with van der Waals surface area (Å²) in [5.41, 5.74) is 3.51. The predicted octanol–water partition coefficient (Wildman–Crippen LogP) is 3.91. The molecule has 0 amide bonds. The minimum atomic E-state index is 0.418. The molecule has 1 fully saturated rings. The first kappa shape index (κ1) is 12.4. The standard InChI is InChI=1S/C16H20N2O/c1-10(2)16-17-14-8-5-12(9-15(14)18-16)11-3-6-13(19)7-4-11/h5,8-11H,3-4,6-7H2,1-2H3,(H,17,18). The van der Waals surface area contributed by atoms with Gasteiger partial charge in [-0.1, -0.05) is 19.9 Å². The van der Waals surface area contributed by atoms with Crippen molar-refractivity contribution in [1.29, 1.82) is 0 Å². The van der Waals surface area contributed by atoms with Gasteiger partial charge in [-0.3, -0.25) is 4.79 Å². The largest absolute Gasteiger partial charge is 0.342 e. The molecule has 3 heteroatoms. The molecule has 0 bridgehead atoms. The Labute approximate surface area is 113 Å². The SMILES string of the molecule is CC(C)c1nc2ccc(C3CCC(=O)CC3)cc2[nH]1. The summed E-state index contributed by atoms with van der Waals surface area (Å²) in [6.07, 6.45) is 3.47. The van der Waals surface area contributed by atoms with Gasteiger partial charge in [0.15, 0.2) is 0 Å². The van der Waals surface area contributed by atoms with Crippen LogP contribution in [-0.2, 0) is 4.79 Å². The van der Waals surface area contributed by atoms with Gasteiger partial charge >= 0.3 is 0 Å². The number of fused-ring (bicyclic) bond motifs is 1. The molecule has 0 aliphatic heterocycles. The minimum Gasteiger partial charge on any atom is -0.342 e. The highest BCUT2D eigenvalue weighted by Gasteiger charge is 2.20. The van der Waals surface area contributed by atoms with Gasteiger partial charge in [0.2, 0.25) is 0 Å². The molecule has 1 aliphatic carbocycles. The van der Waals surface area contributed by atoms with Crippen LogP contribution in [-0.4, -0.2) is 15.8 Å². The molecular formula is C16H20N2O. The van der Waals surface area contributed by atoms with Crippen molar-refractivity contribution >= 4 is 16.8 Å². The second-order valence-corrected chi connectivity index (χ2v) is 5.87. The average Bonchev–Trinajstić information content (AvgIpc) is 2.82. The van der Waals surface area contributed by atoms with Crippen LogP contribution in [0, 0.1) is 0 Å². The number of rotatable bonds is 2. The number of hydrogen-bond donors (Lipinski definition) is 1. The van der Waals surface area contributed by atoms with E-state index < -0.39 is 0 Å². The summed E-state index contributed by atoms with van der Waals surface area (Å²) in [5, 5.41) is 0. The number of carbonyl (C=O) groups excluding carboxylic acids is 1. The Bertz CT molecular complexity index is 602. The summed E-state index contributed by atoms with van der Waals surface area (Å²) in [7, 11) is 0. The number of carbonyl (C=O) groups is 1. The number of nitrogens with zero attached hydrogens (tertiary/aromatic N) is 1. The van der Waals surface area contributed by atoms with Crippen LogP contribution in [0.3, 0.4) is 0 Å². The van der Waals surface area contributed by atoms with Crippen molar-refractivity contribution < 1.29 is 4.79 Å². The Morgan fingerprint density at radius 1 is 1.26 bits per heavy atom. The number of hydrogen-bond acceptors (Lipinski definition) is 2. The van der Waals surface area contributed by atoms with Crippen molar-refractivity contribution in [3.8, 4) is 0 Å². The van der Waals surface area contributed by atoms with E-state index >= 15 is 0 Å². The third-order valence-corrected chi connectivity index (χ3v) is 4.09. The molecule has 2 aromatic rings. The maximum atomic E-state index is 11.3. The molecule has 1 heterocycles. The van der Waals surface area contributed by atoms with Gasteiger partial charge in [-0.05, 0) is 36.5 Å². The van der Waals surface area contributed by atoms with E-state index in [9.17, 15) is 4.79 Å². The van der Waals surface area contributed by atoms with Gasteiger partial charge in [0.05, 0.1) is 11.0 Å². The van der Waals surface area contributed by atoms with Crippen molar-refractivity contribution in [2.24, 2.45) is 0 Å². The molecule has 0 atom stereocenters. The van der Waals surface area contributed by atoms with Crippen LogP contribution in [0.5, 0.6) is 0 Å². The van der Waals surface area contributed by atoms with Crippen LogP contribution < -0.4 is 0 Å². The average molecular weight is 256 g/mol. The predicted molar refractivity (Wildman–Crippen MR) is 76.4 cm³/mol. The molecule has 1 aliphatic rings. The molecule has 1 aromatic carbocycles. The van der Waals surface area contributed by atoms with Gasteiger partial charge < -0.3 is 4.98 Å². The third kappa shape index (κ3) is 2.42. The van der Waals surface area contributed by atoms with Crippen molar-refractivity contribution in [1.82, 2.24) is 9.97 Å². The van der Waals surface area contributed by atoms with Crippen LogP contribution in [0.4, 0.5) is 0 Å². The van der Waals surface area contributed by atoms with E-state index in [1.54, 1.807) is 0 Å². The Balaban J connectivity index is 1.90. The van der Waals surface area contributed by atoms with E-state index in [1.807, 2.05) is 0 Å². The van der Waals surface area contributed by atoms with Crippen LogP contribution >= 0.6 is 0 Å². The number of aromatic nitrogens is 2. The van der Waals surface area contributed by atoms with Gasteiger partial charge in [0.25, 0.3) is 0 Å². The molecule has 0 spiro atoms. The highest BCUT2D eigenvalue weighted by atomic mass is 16.1. The lowest BCUT2D eigenvalue weighted by Gasteiger charge is -2.21. The van der Waals surface area contributed by atoms with Crippen LogP contribution in [0.25, 0.3) is 11.0 Å². The molecule has 1 saturated carbocycles. The number of aromatic amines is 1. The summed E-state index contributed by atoms with van der Waals surface area (Å²) >= 11 is 0. The second-order valence-electron chi connectivity index (χ2n) is 5.87. The smallest absolute Gasteiger partial charge is 0.132 e. The first-order valence-electron chi connectivity index (χ1n) is 7.15. The van der Waals surface area contributed by atoms with Crippen molar-refractivity contribution in [2.45, 2.75) is 51.4 Å². The van der Waals surface area contributed by atoms with E-state index in [-0.39, 0.29) is 0 Å². The lowest BCUT2D eigenvalue weighted by atomic mass is 9.83. The molecule has 3 rings (SSSR count). The molecule has 19 heavy (non-hydrogen) atoms. The van der Waals surface area contributed by atoms with E-state index in [4.69, 9.17) is 0 Å². The zero-order valence-electron chi connectivity index (χ0n) is 11.6. The zero-order valence-corrected chi connectivity index (χ0v) is 11.6. The van der Waals surface area contributed by atoms with Gasteiger partial charge in [0, 0.05) is 18.8 Å². The highest BCUT2D eigenvalue weighted by Crippen LogP contribution is 2.32. The van der Waals surface area contributed by atoms with Crippen molar-refractivity contribution in [3.63, 3.8) is 0 Å². The summed E-state index contributed by atoms with van der Waals surface area (Å²) in [6, 6.07) is 6.49. The normalized spacial score (nSPS) is 17.5. The summed E-state index contributed by atoms with van der Waals surface area (Å²) in [6.45, 7) is 4.29. The van der Waals surface area contributed by atoms with E-state index in [2.05, 4.69) is 42.0 Å². The third-order valence-electron chi connectivity index (χ3n) is 4.09. The van der Waals surface area contributed by atoms with Gasteiger partial charge in [-0.15, -0.1) is 0 Å². The second kappa shape index (κ2) is 4.80. The van der Waals surface area contributed by atoms with E-state index in [1.165, 1.54) is 5.56 Å². The summed E-state index contributed by atoms with van der Waals surface area (Å²) < 4.78 is 0. The monoisotopic (exact) mass is 256 g/mol. The summed E-state index contributed by atoms with van der Waals surface area (Å²) in [5.74, 6) is 2.42. The van der Waals surface area contributed by atoms with Crippen molar-refractivity contribution in [3.05, 3.63) is 29.6 Å². The highest BCUT2D eigenvalue weighted by molar-refractivity contribution is 5.80. The Kier molecular flexibility index (Phi) is 3.13. The van der Waals surface area contributed by atoms with E-state index in [0.717, 1.165) is 42.5 Å². The van der Waals surface area contributed by atoms with Crippen molar-refractivity contribution in [2.75, 3.05) is 0 Å². The Morgan fingerprint density at radius 2 is 2.00 bits per heavy atom. The van der Waals surface area contributed by atoms with Crippen LogP contribution in [0.1, 0.15) is 62.8 Å². The molecule has 3 nitrogen and oxygen atoms in total. The molecule has 0 saturated heterocycles. The molecule has 0 unspecified atom stereocenters. The van der Waals surface area contributed by atoms with Crippen LogP contribution in [0.15, 0.2) is 18.2 Å². The van der Waals surface area contributed by atoms with Gasteiger partial charge in [0.1, 0.15) is 11.6 Å². The summed E-state index contributed by atoms with van der Waals surface area (Å²) in [4.78, 5) is 19.3. The Morgan fingerprint density at radius 3 is 2.68 bits per heavy atom. The quantitative estimate of drug-likeness (QED) is 0.885. The molecular weight excluding hydrogens is 236 g/mol. The van der Waals surface area contributed by atoms with Crippen LogP contribution in [0.2, 0.25) is 0 Å². The molecule has 100 valence electrons. The number of imidazole rings is 1. The number of benzene rings is 1. The number of H-pyrrole nitrogens is 1. The fraction of sp³-hybridized carbons (Fsp3) is 0.500. The molecule has 1 N–H and O–H groups in total. The molecule has 1 aromatic heterocycles.